The molecule has 2 aromatic carbocycles. The zero-order valence-corrected chi connectivity index (χ0v) is 34.3. The summed E-state index contributed by atoms with van der Waals surface area (Å²) in [5.74, 6) is -3.53. The number of carbonyl (C=O) groups is 6. The van der Waals surface area contributed by atoms with Gasteiger partial charge in [-0.05, 0) is 67.6 Å². The van der Waals surface area contributed by atoms with E-state index in [1.165, 1.54) is 36.4 Å². The van der Waals surface area contributed by atoms with Crippen LogP contribution in [0.5, 0.6) is 11.5 Å². The van der Waals surface area contributed by atoms with Crippen molar-refractivity contribution in [3.05, 3.63) is 111 Å². The third kappa shape index (κ3) is 17.2. The number of carbonyl (C=O) groups excluding carboxylic acids is 6. The van der Waals surface area contributed by atoms with Crippen LogP contribution >= 0.6 is 0 Å². The van der Waals surface area contributed by atoms with E-state index in [-0.39, 0.29) is 47.0 Å². The van der Waals surface area contributed by atoms with Crippen LogP contribution in [0.25, 0.3) is 0 Å². The second-order valence-corrected chi connectivity index (χ2v) is 15.2. The summed E-state index contributed by atoms with van der Waals surface area (Å²) >= 11 is 0. The molecule has 2 aromatic rings. The number of unbranched alkanes of at least 4 members (excludes halogenated alkanes) is 3. The van der Waals surface area contributed by atoms with E-state index in [0.29, 0.717) is 37.1 Å². The Morgan fingerprint density at radius 2 is 1.12 bits per heavy atom. The summed E-state index contributed by atoms with van der Waals surface area (Å²) in [5, 5.41) is 15.4. The minimum absolute atomic E-state index is 0.00300. The van der Waals surface area contributed by atoms with Gasteiger partial charge in [-0.1, -0.05) is 44.7 Å². The van der Waals surface area contributed by atoms with Crippen molar-refractivity contribution in [3.63, 3.8) is 0 Å². The molecule has 0 bridgehead atoms. The fourth-order valence-corrected chi connectivity index (χ4v) is 6.55. The number of rotatable bonds is 28. The van der Waals surface area contributed by atoms with Crippen LogP contribution in [0.2, 0.25) is 0 Å². The summed E-state index contributed by atoms with van der Waals surface area (Å²) < 4.78 is 52.8. The van der Waals surface area contributed by atoms with Crippen molar-refractivity contribution < 1.29 is 66.0 Å². The Hall–Kier alpha value is -6.49. The molecular weight excluding hydrogens is 801 g/mol. The summed E-state index contributed by atoms with van der Waals surface area (Å²) in [7, 11) is -3.96. The molecule has 324 valence electrons. The average Bonchev–Trinajstić information content (AvgIpc) is 3.24. The lowest BCUT2D eigenvalue weighted by Crippen LogP contribution is -2.43. The van der Waals surface area contributed by atoms with Gasteiger partial charge in [-0.25, -0.2) is 27.6 Å². The molecule has 0 aliphatic carbocycles. The van der Waals surface area contributed by atoms with E-state index in [4.69, 9.17) is 23.7 Å². The Labute approximate surface area is 349 Å². The SMILES string of the molecule is C=CCc1cc(S(=O)(=O)c2ccc(OC(=O)NCCCCCCNC(=O)CCC(=O)OCC(COC(=O)C=C)(COC(=O)C=C)COC(=O)C=C)c(CC=C)c2)ccc1O. The summed E-state index contributed by atoms with van der Waals surface area (Å²) in [6, 6.07) is 8.20. The van der Waals surface area contributed by atoms with Crippen molar-refractivity contribution in [1.82, 2.24) is 10.6 Å². The van der Waals surface area contributed by atoms with Gasteiger partial charge in [0.2, 0.25) is 15.7 Å². The maximum atomic E-state index is 13.4. The zero-order chi connectivity index (χ0) is 44.6. The normalized spacial score (nSPS) is 10.9. The van der Waals surface area contributed by atoms with Crippen molar-refractivity contribution in [2.75, 3.05) is 39.5 Å². The van der Waals surface area contributed by atoms with Gasteiger partial charge >= 0.3 is 30.0 Å². The van der Waals surface area contributed by atoms with Crippen molar-refractivity contribution >= 4 is 45.7 Å². The van der Waals surface area contributed by atoms with Gasteiger partial charge in [0.1, 0.15) is 43.3 Å². The Morgan fingerprint density at radius 3 is 1.65 bits per heavy atom. The van der Waals surface area contributed by atoms with Crippen LogP contribution in [0.15, 0.2) is 109 Å². The van der Waals surface area contributed by atoms with Crippen molar-refractivity contribution in [2.24, 2.45) is 5.41 Å². The van der Waals surface area contributed by atoms with Gasteiger partial charge in [0, 0.05) is 43.3 Å². The van der Waals surface area contributed by atoms with Gasteiger partial charge in [0.15, 0.2) is 0 Å². The highest BCUT2D eigenvalue weighted by atomic mass is 32.2. The van der Waals surface area contributed by atoms with Gasteiger partial charge in [0.05, 0.1) is 16.2 Å². The smallest absolute Gasteiger partial charge is 0.412 e. The number of hydrogen-bond donors (Lipinski definition) is 3. The first-order valence-corrected chi connectivity index (χ1v) is 20.3. The quantitative estimate of drug-likeness (QED) is 0.0339. The predicted octanol–water partition coefficient (Wildman–Crippen LogP) is 4.94. The largest absolute Gasteiger partial charge is 0.508 e. The van der Waals surface area contributed by atoms with Crippen LogP contribution in [0.4, 0.5) is 4.79 Å². The second-order valence-electron chi connectivity index (χ2n) is 13.2. The molecule has 0 unspecified atom stereocenters. The molecule has 2 amide bonds. The topological polar surface area (TPSA) is 227 Å². The van der Waals surface area contributed by atoms with Gasteiger partial charge < -0.3 is 39.4 Å². The molecule has 0 heterocycles. The lowest BCUT2D eigenvalue weighted by molar-refractivity contribution is -0.166. The minimum atomic E-state index is -3.96. The Morgan fingerprint density at radius 1 is 0.633 bits per heavy atom. The number of sulfone groups is 1. The van der Waals surface area contributed by atoms with Gasteiger partial charge in [0.25, 0.3) is 0 Å². The second kappa shape index (κ2) is 25.8. The molecule has 17 heteroatoms. The number of ether oxygens (including phenoxy) is 5. The molecule has 0 saturated heterocycles. The molecule has 0 saturated carbocycles. The van der Waals surface area contributed by atoms with Crippen LogP contribution in [-0.2, 0) is 65.6 Å². The maximum absolute atomic E-state index is 13.4. The number of nitrogens with one attached hydrogen (secondary N) is 2. The number of aromatic hydroxyl groups is 1. The first-order valence-electron chi connectivity index (χ1n) is 18.8. The van der Waals surface area contributed by atoms with E-state index in [0.717, 1.165) is 31.1 Å². The van der Waals surface area contributed by atoms with Crippen molar-refractivity contribution in [3.8, 4) is 11.5 Å². The summed E-state index contributed by atoms with van der Waals surface area (Å²) in [6.45, 7) is 15.9. The predicted molar refractivity (Wildman–Crippen MR) is 219 cm³/mol. The molecule has 16 nitrogen and oxygen atoms in total. The Bertz CT molecular complexity index is 1950. The van der Waals surface area contributed by atoms with Crippen molar-refractivity contribution in [2.45, 2.75) is 61.2 Å². The fourth-order valence-electron chi connectivity index (χ4n) is 5.19. The summed E-state index contributed by atoms with van der Waals surface area (Å²) in [4.78, 5) is 72.7. The van der Waals surface area contributed by atoms with Crippen molar-refractivity contribution in [1.29, 1.82) is 0 Å². The molecule has 0 fully saturated rings. The van der Waals surface area contributed by atoms with E-state index in [9.17, 15) is 42.3 Å². The van der Waals surface area contributed by atoms with Crippen LogP contribution in [0.3, 0.4) is 0 Å². The highest BCUT2D eigenvalue weighted by molar-refractivity contribution is 7.91. The van der Waals surface area contributed by atoms with Gasteiger partial charge in [-0.2, -0.15) is 0 Å². The molecule has 3 N–H and O–H groups in total. The first-order chi connectivity index (χ1) is 28.6. The summed E-state index contributed by atoms with van der Waals surface area (Å²) in [6.07, 6.45) is 7.77. The van der Waals surface area contributed by atoms with Crippen LogP contribution in [0, 0.1) is 5.41 Å². The number of phenols is 1. The molecule has 0 aliphatic heterocycles. The molecule has 0 spiro atoms. The maximum Gasteiger partial charge on any atom is 0.412 e. The number of phenolic OH excluding ortho intramolecular Hbond substituents is 1. The number of benzene rings is 2. The number of hydrogen-bond acceptors (Lipinski definition) is 14. The molecule has 2 rings (SSSR count). The van der Waals surface area contributed by atoms with Gasteiger partial charge in [-0.15, -0.1) is 13.2 Å². The highest BCUT2D eigenvalue weighted by Crippen LogP contribution is 2.30. The van der Waals surface area contributed by atoms with Crippen LogP contribution < -0.4 is 15.4 Å². The van der Waals surface area contributed by atoms with Crippen LogP contribution in [-0.4, -0.2) is 88.9 Å². The number of amides is 2. The monoisotopic (exact) mass is 852 g/mol. The molecule has 0 aliphatic rings. The third-order valence-electron chi connectivity index (χ3n) is 8.49. The lowest BCUT2D eigenvalue weighted by atomic mass is 9.92. The molecule has 0 atom stereocenters. The molecule has 0 aromatic heterocycles. The minimum Gasteiger partial charge on any atom is -0.508 e. The first kappa shape index (κ1) is 49.7. The molecule has 60 heavy (non-hydrogen) atoms. The third-order valence-corrected chi connectivity index (χ3v) is 10.2. The van der Waals surface area contributed by atoms with Crippen LogP contribution in [0.1, 0.15) is 49.7 Å². The van der Waals surface area contributed by atoms with E-state index in [2.05, 4.69) is 43.5 Å². The average molecular weight is 853 g/mol. The molecule has 0 radical (unpaired) electrons. The Kier molecular flexibility index (Phi) is 21.3. The van der Waals surface area contributed by atoms with Gasteiger partial charge in [-0.3, -0.25) is 9.59 Å². The van der Waals surface area contributed by atoms with E-state index < -0.39 is 77.6 Å². The summed E-state index contributed by atoms with van der Waals surface area (Å²) in [5.41, 5.74) is -0.643. The fraction of sp³-hybridized carbons (Fsp3) is 0.349. The Balaban J connectivity index is 1.78. The van der Waals surface area contributed by atoms with E-state index in [1.54, 1.807) is 12.2 Å². The highest BCUT2D eigenvalue weighted by Gasteiger charge is 2.37. The van der Waals surface area contributed by atoms with E-state index >= 15 is 0 Å². The number of allylic oxidation sites excluding steroid dienone is 2. The van der Waals surface area contributed by atoms with E-state index in [1.807, 2.05) is 0 Å². The molecular formula is C43H52N2O14S. The zero-order valence-electron chi connectivity index (χ0n) is 33.4. The standard InChI is InChI=1S/C43H52N2O14S/c1-6-15-31-25-33(17-19-35(31)46)60(53,54)34-18-20-36(32(26-34)16-7-2)59-42(52)45-24-14-12-11-13-23-44-37(47)21-22-41(51)58-30-43(27-55-38(48)8-3,28-56-39(49)9-4)29-57-40(50)10-5/h6-10,17-20,25-26,46H,1-5,11-16,21-24,27-30H2,(H,44,47)(H,45,52). The number of esters is 4. The lowest BCUT2D eigenvalue weighted by Gasteiger charge is -2.31.